The fraction of sp³-hybridized carbons (Fsp3) is 0.185. The number of anilines is 4. The van der Waals surface area contributed by atoms with Crippen molar-refractivity contribution >= 4 is 39.8 Å². The first-order valence-electron chi connectivity index (χ1n) is 11.8. The molecule has 188 valence electrons. The first-order valence-corrected chi connectivity index (χ1v) is 11.8. The summed E-state index contributed by atoms with van der Waals surface area (Å²) in [4.78, 5) is 27.2. The van der Waals surface area contributed by atoms with Gasteiger partial charge in [0.15, 0.2) is 0 Å². The van der Waals surface area contributed by atoms with Crippen molar-refractivity contribution in [3.05, 3.63) is 79.4 Å². The van der Waals surface area contributed by atoms with Gasteiger partial charge in [0.1, 0.15) is 5.82 Å². The van der Waals surface area contributed by atoms with Gasteiger partial charge < -0.3 is 26.0 Å². The van der Waals surface area contributed by atoms with Crippen LogP contribution in [0.4, 0.5) is 27.4 Å². The van der Waals surface area contributed by atoms with E-state index in [-0.39, 0.29) is 17.6 Å². The molecule has 9 nitrogen and oxygen atoms in total. The number of fused-ring (bicyclic) bond motifs is 1. The van der Waals surface area contributed by atoms with Gasteiger partial charge in [-0.2, -0.15) is 0 Å². The van der Waals surface area contributed by atoms with Crippen LogP contribution in [0, 0.1) is 5.82 Å². The molecule has 0 spiro atoms. The molecule has 1 aliphatic heterocycles. The number of morpholine rings is 1. The van der Waals surface area contributed by atoms with E-state index in [2.05, 4.69) is 37.1 Å². The lowest BCUT2D eigenvalue weighted by molar-refractivity contribution is -0.111. The maximum absolute atomic E-state index is 15.1. The third-order valence-corrected chi connectivity index (χ3v) is 6.06. The number of hydrogen-bond acceptors (Lipinski definition) is 8. The Balaban J connectivity index is 1.42. The van der Waals surface area contributed by atoms with E-state index in [0.717, 1.165) is 30.5 Å². The Kier molecular flexibility index (Phi) is 7.02. The second-order valence-corrected chi connectivity index (χ2v) is 8.52. The third-order valence-electron chi connectivity index (χ3n) is 6.06. The molecule has 37 heavy (non-hydrogen) atoms. The molecule has 1 amide bonds. The minimum absolute atomic E-state index is 0.0283. The van der Waals surface area contributed by atoms with Crippen molar-refractivity contribution in [1.82, 2.24) is 15.0 Å². The van der Waals surface area contributed by atoms with Crippen LogP contribution in [-0.2, 0) is 9.53 Å². The van der Waals surface area contributed by atoms with Gasteiger partial charge in [0.25, 0.3) is 0 Å². The van der Waals surface area contributed by atoms with E-state index in [1.165, 1.54) is 12.3 Å². The molecule has 1 saturated heterocycles. The van der Waals surface area contributed by atoms with Crippen molar-refractivity contribution in [3.63, 3.8) is 0 Å². The van der Waals surface area contributed by atoms with Gasteiger partial charge in [-0.3, -0.25) is 9.78 Å². The number of ether oxygens (including phenoxy) is 1. The van der Waals surface area contributed by atoms with E-state index in [9.17, 15) is 4.79 Å². The van der Waals surface area contributed by atoms with E-state index in [0.29, 0.717) is 41.4 Å². The van der Waals surface area contributed by atoms with E-state index in [1.807, 2.05) is 24.3 Å². The summed E-state index contributed by atoms with van der Waals surface area (Å²) in [5.41, 5.74) is 9.04. The molecule has 4 N–H and O–H groups in total. The van der Waals surface area contributed by atoms with Crippen LogP contribution >= 0.6 is 0 Å². The highest BCUT2D eigenvalue weighted by Crippen LogP contribution is 2.31. The molecule has 1 fully saturated rings. The smallest absolute Gasteiger partial charge is 0.247 e. The van der Waals surface area contributed by atoms with E-state index in [4.69, 9.17) is 10.5 Å². The minimum atomic E-state index is -0.484. The molecule has 10 heteroatoms. The zero-order valence-corrected chi connectivity index (χ0v) is 20.0. The van der Waals surface area contributed by atoms with Gasteiger partial charge in [-0.25, -0.2) is 14.4 Å². The number of hydrogen-bond donors (Lipinski definition) is 3. The molecule has 3 heterocycles. The predicted octanol–water partition coefficient (Wildman–Crippen LogP) is 3.86. The van der Waals surface area contributed by atoms with Crippen LogP contribution in [0.25, 0.3) is 22.2 Å². The highest BCUT2D eigenvalue weighted by atomic mass is 19.1. The molecule has 0 saturated carbocycles. The number of aromatic nitrogens is 3. The number of nitrogens with one attached hydrogen (secondary N) is 2. The Bertz CT molecular complexity index is 1440. The van der Waals surface area contributed by atoms with Crippen molar-refractivity contribution in [2.24, 2.45) is 5.73 Å². The second kappa shape index (κ2) is 10.7. The highest BCUT2D eigenvalue weighted by Gasteiger charge is 2.19. The zero-order chi connectivity index (χ0) is 25.8. The Morgan fingerprint density at radius 2 is 2.03 bits per heavy atom. The van der Waals surface area contributed by atoms with Gasteiger partial charge in [-0.15, -0.1) is 0 Å². The van der Waals surface area contributed by atoms with Crippen molar-refractivity contribution in [2.75, 3.05) is 41.8 Å². The third kappa shape index (κ3) is 5.40. The molecule has 1 aliphatic rings. The highest BCUT2D eigenvalue weighted by molar-refractivity contribution is 6.00. The van der Waals surface area contributed by atoms with Gasteiger partial charge in [-0.05, 0) is 54.6 Å². The van der Waals surface area contributed by atoms with Crippen molar-refractivity contribution < 1.29 is 13.9 Å². The standard InChI is InChI=1S/C27H26FN7O2/c1-2-24(36)32-19-9-10-30-23(13-19)25-22(28)8-3-17-15-31-27(34-26(17)25)33-18-4-6-20(7-5-18)35-11-12-37-21(14-29)16-35/h2-10,13,15,21H,1,11-12,14,16,29H2,(H,30,32,36)(H,31,33,34). The summed E-state index contributed by atoms with van der Waals surface area (Å²) in [6.45, 7) is 6.13. The molecule has 5 rings (SSSR count). The fourth-order valence-corrected chi connectivity index (χ4v) is 4.20. The molecule has 4 aromatic rings. The number of benzene rings is 2. The number of nitrogens with zero attached hydrogens (tertiary/aromatic N) is 4. The number of halogens is 1. The summed E-state index contributed by atoms with van der Waals surface area (Å²) in [6.07, 6.45) is 4.32. The van der Waals surface area contributed by atoms with E-state index in [1.54, 1.807) is 24.4 Å². The van der Waals surface area contributed by atoms with Crippen molar-refractivity contribution in [3.8, 4) is 11.3 Å². The van der Waals surface area contributed by atoms with Gasteiger partial charge in [0.05, 0.1) is 29.5 Å². The molecule has 0 bridgehead atoms. The Morgan fingerprint density at radius 1 is 1.19 bits per heavy atom. The molecular weight excluding hydrogens is 473 g/mol. The van der Waals surface area contributed by atoms with Crippen molar-refractivity contribution in [2.45, 2.75) is 6.10 Å². The zero-order valence-electron chi connectivity index (χ0n) is 20.0. The molecule has 2 aromatic carbocycles. The fourth-order valence-electron chi connectivity index (χ4n) is 4.20. The van der Waals surface area contributed by atoms with Crippen molar-refractivity contribution in [1.29, 1.82) is 0 Å². The lowest BCUT2D eigenvalue weighted by Crippen LogP contribution is -2.45. The number of nitrogens with two attached hydrogens (primary N) is 1. The topological polar surface area (TPSA) is 118 Å². The van der Waals surface area contributed by atoms with E-state index >= 15 is 4.39 Å². The maximum atomic E-state index is 15.1. The largest absolute Gasteiger partial charge is 0.373 e. The summed E-state index contributed by atoms with van der Waals surface area (Å²) < 4.78 is 20.7. The minimum Gasteiger partial charge on any atom is -0.373 e. The monoisotopic (exact) mass is 499 g/mol. The summed E-state index contributed by atoms with van der Waals surface area (Å²) in [5, 5.41) is 6.51. The molecule has 0 aliphatic carbocycles. The summed E-state index contributed by atoms with van der Waals surface area (Å²) >= 11 is 0. The lowest BCUT2D eigenvalue weighted by Gasteiger charge is -2.34. The number of pyridine rings is 1. The second-order valence-electron chi connectivity index (χ2n) is 8.52. The Labute approximate surface area is 213 Å². The number of carbonyl (C=O) groups excluding carboxylic acids is 1. The first kappa shape index (κ1) is 24.3. The molecule has 2 aromatic heterocycles. The number of carbonyl (C=O) groups is 1. The van der Waals surface area contributed by atoms with Crippen LogP contribution in [-0.4, -0.2) is 53.2 Å². The van der Waals surface area contributed by atoms with Gasteiger partial charge in [0.2, 0.25) is 11.9 Å². The predicted molar refractivity (Wildman–Crippen MR) is 142 cm³/mol. The SMILES string of the molecule is C=CC(=O)Nc1ccnc(-c2c(F)ccc3cnc(Nc4ccc(N5CCOC(CN)C5)cc4)nc23)c1. The maximum Gasteiger partial charge on any atom is 0.247 e. The van der Waals surface area contributed by atoms with Crippen LogP contribution in [0.1, 0.15) is 0 Å². The molecule has 1 atom stereocenters. The summed E-state index contributed by atoms with van der Waals surface area (Å²) in [5.74, 6) is -0.538. The van der Waals surface area contributed by atoms with Gasteiger partial charge >= 0.3 is 0 Å². The Morgan fingerprint density at radius 3 is 2.81 bits per heavy atom. The van der Waals surface area contributed by atoms with Crippen LogP contribution < -0.4 is 21.3 Å². The van der Waals surface area contributed by atoms with Gasteiger partial charge in [-0.1, -0.05) is 6.58 Å². The summed E-state index contributed by atoms with van der Waals surface area (Å²) in [7, 11) is 0. The van der Waals surface area contributed by atoms with Crippen LogP contribution in [0.15, 0.2) is 73.6 Å². The first-order chi connectivity index (χ1) is 18.0. The van der Waals surface area contributed by atoms with Crippen LogP contribution in [0.3, 0.4) is 0 Å². The average Bonchev–Trinajstić information content (AvgIpc) is 2.93. The number of rotatable bonds is 7. The van der Waals surface area contributed by atoms with Crippen LogP contribution in [0.5, 0.6) is 0 Å². The van der Waals surface area contributed by atoms with E-state index < -0.39 is 5.82 Å². The quantitative estimate of drug-likeness (QED) is 0.328. The van der Waals surface area contributed by atoms with Crippen LogP contribution in [0.2, 0.25) is 0 Å². The summed E-state index contributed by atoms with van der Waals surface area (Å²) in [6, 6.07) is 14.1. The molecule has 0 radical (unpaired) electrons. The number of amides is 1. The van der Waals surface area contributed by atoms with Gasteiger partial charge in [0, 0.05) is 54.5 Å². The Hall–Kier alpha value is -4.41. The molecule has 1 unspecified atom stereocenters. The molecular formula is C27H26FN7O2. The normalized spacial score (nSPS) is 15.4. The average molecular weight is 500 g/mol. The lowest BCUT2D eigenvalue weighted by atomic mass is 10.1.